The fraction of sp³-hybridized carbons (Fsp3) is 0.714. The van der Waals surface area contributed by atoms with Gasteiger partial charge in [0.05, 0.1) is 6.10 Å². The monoisotopic (exact) mass is 206 g/mol. The van der Waals surface area contributed by atoms with Crippen molar-refractivity contribution in [2.75, 3.05) is 0 Å². The van der Waals surface area contributed by atoms with E-state index >= 15 is 0 Å². The smallest absolute Gasteiger partial charge is 0.115 e. The zero-order valence-corrected chi connectivity index (χ0v) is 9.96. The molecule has 0 aromatic rings. The maximum atomic E-state index is 6.00. The van der Waals surface area contributed by atoms with Gasteiger partial charge >= 0.3 is 0 Å². The van der Waals surface area contributed by atoms with Crippen LogP contribution in [-0.4, -0.2) is 6.10 Å². The SMILES string of the molecule is CC1(C)C=CC(OC2CCCCC2)=CC1. The third-order valence-corrected chi connectivity index (χ3v) is 3.38. The number of hydrogen-bond donors (Lipinski definition) is 0. The number of ether oxygens (including phenoxy) is 1. The first kappa shape index (κ1) is 10.8. The Kier molecular flexibility index (Phi) is 3.18. The molecule has 0 aromatic heterocycles. The molecule has 15 heavy (non-hydrogen) atoms. The first-order chi connectivity index (χ1) is 7.16. The molecule has 1 heteroatoms. The molecule has 0 N–H and O–H groups in total. The van der Waals surface area contributed by atoms with E-state index in [0.717, 1.165) is 12.2 Å². The lowest BCUT2D eigenvalue weighted by Gasteiger charge is -2.27. The van der Waals surface area contributed by atoms with Crippen molar-refractivity contribution >= 4 is 0 Å². The van der Waals surface area contributed by atoms with Crippen LogP contribution in [0, 0.1) is 5.41 Å². The largest absolute Gasteiger partial charge is 0.491 e. The predicted molar refractivity (Wildman–Crippen MR) is 63.6 cm³/mol. The molecule has 0 radical (unpaired) electrons. The molecule has 0 atom stereocenters. The molecule has 2 aliphatic rings. The number of hydrogen-bond acceptors (Lipinski definition) is 1. The second kappa shape index (κ2) is 4.42. The highest BCUT2D eigenvalue weighted by Gasteiger charge is 2.19. The normalized spacial score (nSPS) is 26.1. The van der Waals surface area contributed by atoms with Gasteiger partial charge < -0.3 is 4.74 Å². The van der Waals surface area contributed by atoms with Crippen LogP contribution in [0.15, 0.2) is 24.0 Å². The molecule has 1 fully saturated rings. The molecule has 84 valence electrons. The highest BCUT2D eigenvalue weighted by atomic mass is 16.5. The van der Waals surface area contributed by atoms with E-state index in [-0.39, 0.29) is 0 Å². The van der Waals surface area contributed by atoms with Crippen LogP contribution in [0.4, 0.5) is 0 Å². The molecule has 0 aliphatic heterocycles. The van der Waals surface area contributed by atoms with Crippen LogP contribution in [0.1, 0.15) is 52.4 Å². The van der Waals surface area contributed by atoms with Gasteiger partial charge in [0.25, 0.3) is 0 Å². The molecule has 0 bridgehead atoms. The minimum absolute atomic E-state index is 0.319. The van der Waals surface area contributed by atoms with Crippen LogP contribution >= 0.6 is 0 Å². The molecule has 0 saturated heterocycles. The average molecular weight is 206 g/mol. The highest BCUT2D eigenvalue weighted by Crippen LogP contribution is 2.30. The van der Waals surface area contributed by atoms with Crippen LogP contribution < -0.4 is 0 Å². The van der Waals surface area contributed by atoms with E-state index in [9.17, 15) is 0 Å². The average Bonchev–Trinajstić information content (AvgIpc) is 2.23. The van der Waals surface area contributed by atoms with Crippen molar-refractivity contribution in [2.24, 2.45) is 5.41 Å². The third kappa shape index (κ3) is 3.12. The van der Waals surface area contributed by atoms with Gasteiger partial charge in [-0.15, -0.1) is 0 Å². The Hall–Kier alpha value is -0.720. The number of rotatable bonds is 2. The summed E-state index contributed by atoms with van der Waals surface area (Å²) in [4.78, 5) is 0. The van der Waals surface area contributed by atoms with Gasteiger partial charge in [-0.3, -0.25) is 0 Å². The van der Waals surface area contributed by atoms with Gasteiger partial charge in [0, 0.05) is 0 Å². The number of allylic oxidation sites excluding steroid dienone is 3. The van der Waals surface area contributed by atoms with Gasteiger partial charge in [-0.1, -0.05) is 26.3 Å². The van der Waals surface area contributed by atoms with Crippen molar-refractivity contribution in [3.8, 4) is 0 Å². The van der Waals surface area contributed by atoms with Crippen molar-refractivity contribution in [3.05, 3.63) is 24.0 Å². The fourth-order valence-corrected chi connectivity index (χ4v) is 2.27. The van der Waals surface area contributed by atoms with E-state index in [1.807, 2.05) is 0 Å². The van der Waals surface area contributed by atoms with Crippen LogP contribution in [0.2, 0.25) is 0 Å². The molecule has 1 nitrogen and oxygen atoms in total. The minimum Gasteiger partial charge on any atom is -0.491 e. The summed E-state index contributed by atoms with van der Waals surface area (Å²) in [5.74, 6) is 1.10. The quantitative estimate of drug-likeness (QED) is 0.657. The van der Waals surface area contributed by atoms with Gasteiger partial charge in [-0.2, -0.15) is 0 Å². The predicted octanol–water partition coefficient (Wildman–Crippen LogP) is 4.21. The van der Waals surface area contributed by atoms with Crippen molar-refractivity contribution in [1.29, 1.82) is 0 Å². The first-order valence-electron chi connectivity index (χ1n) is 6.22. The molecule has 0 amide bonds. The summed E-state index contributed by atoms with van der Waals surface area (Å²) in [5, 5.41) is 0. The van der Waals surface area contributed by atoms with E-state index in [1.54, 1.807) is 0 Å². The summed E-state index contributed by atoms with van der Waals surface area (Å²) >= 11 is 0. The summed E-state index contributed by atoms with van der Waals surface area (Å²) in [6, 6.07) is 0. The van der Waals surface area contributed by atoms with E-state index in [2.05, 4.69) is 32.1 Å². The summed E-state index contributed by atoms with van der Waals surface area (Å²) in [6.45, 7) is 4.52. The zero-order valence-electron chi connectivity index (χ0n) is 9.96. The minimum atomic E-state index is 0.319. The van der Waals surface area contributed by atoms with E-state index in [0.29, 0.717) is 11.5 Å². The molecule has 2 rings (SSSR count). The standard InChI is InChI=1S/C14H22O/c1-14(2)10-8-13(9-11-14)15-12-6-4-3-5-7-12/h8-10,12H,3-7,11H2,1-2H3. The van der Waals surface area contributed by atoms with Gasteiger partial charge in [0.1, 0.15) is 5.76 Å². The third-order valence-electron chi connectivity index (χ3n) is 3.38. The summed E-state index contributed by atoms with van der Waals surface area (Å²) in [5.41, 5.74) is 0.319. The Morgan fingerprint density at radius 3 is 2.53 bits per heavy atom. The van der Waals surface area contributed by atoms with Crippen LogP contribution in [0.5, 0.6) is 0 Å². The molecular weight excluding hydrogens is 184 g/mol. The Labute approximate surface area is 93.2 Å². The lowest BCUT2D eigenvalue weighted by Crippen LogP contribution is -2.17. The molecule has 1 saturated carbocycles. The maximum absolute atomic E-state index is 6.00. The molecule has 2 aliphatic carbocycles. The molecule has 0 aromatic carbocycles. The topological polar surface area (TPSA) is 9.23 Å². The molecular formula is C14H22O. The lowest BCUT2D eigenvalue weighted by molar-refractivity contribution is 0.0878. The molecule has 0 unspecified atom stereocenters. The van der Waals surface area contributed by atoms with Gasteiger partial charge in [-0.05, 0) is 49.7 Å². The second-order valence-corrected chi connectivity index (χ2v) is 5.51. The van der Waals surface area contributed by atoms with Crippen molar-refractivity contribution < 1.29 is 4.74 Å². The lowest BCUT2D eigenvalue weighted by atomic mass is 9.86. The van der Waals surface area contributed by atoms with Crippen LogP contribution in [-0.2, 0) is 4.74 Å². The van der Waals surface area contributed by atoms with Crippen LogP contribution in [0.3, 0.4) is 0 Å². The Bertz CT molecular complexity index is 267. The van der Waals surface area contributed by atoms with Gasteiger partial charge in [-0.25, -0.2) is 0 Å². The van der Waals surface area contributed by atoms with Gasteiger partial charge in [0.2, 0.25) is 0 Å². The van der Waals surface area contributed by atoms with E-state index < -0.39 is 0 Å². The Morgan fingerprint density at radius 2 is 1.93 bits per heavy atom. The summed E-state index contributed by atoms with van der Waals surface area (Å²) < 4.78 is 6.00. The summed E-state index contributed by atoms with van der Waals surface area (Å²) in [7, 11) is 0. The molecule has 0 spiro atoms. The van der Waals surface area contributed by atoms with Crippen molar-refractivity contribution in [3.63, 3.8) is 0 Å². The summed E-state index contributed by atoms with van der Waals surface area (Å²) in [6.07, 6.45) is 14.8. The van der Waals surface area contributed by atoms with E-state index in [1.165, 1.54) is 32.1 Å². The highest BCUT2D eigenvalue weighted by molar-refractivity contribution is 5.21. The Morgan fingerprint density at radius 1 is 1.20 bits per heavy atom. The van der Waals surface area contributed by atoms with Crippen LogP contribution in [0.25, 0.3) is 0 Å². The Balaban J connectivity index is 1.85. The molecule has 0 heterocycles. The second-order valence-electron chi connectivity index (χ2n) is 5.51. The fourth-order valence-electron chi connectivity index (χ4n) is 2.27. The van der Waals surface area contributed by atoms with E-state index in [4.69, 9.17) is 4.74 Å². The maximum Gasteiger partial charge on any atom is 0.115 e. The zero-order chi connectivity index (χ0) is 10.7. The first-order valence-corrected chi connectivity index (χ1v) is 6.22. The van der Waals surface area contributed by atoms with Gasteiger partial charge in [0.15, 0.2) is 0 Å². The van der Waals surface area contributed by atoms with Crippen molar-refractivity contribution in [1.82, 2.24) is 0 Å². The van der Waals surface area contributed by atoms with Crippen molar-refractivity contribution in [2.45, 2.75) is 58.5 Å².